The average molecular weight is 365 g/mol. The lowest BCUT2D eigenvalue weighted by atomic mass is 10.00. The summed E-state index contributed by atoms with van der Waals surface area (Å²) in [6.07, 6.45) is 1.99. The van der Waals surface area contributed by atoms with Crippen LogP contribution < -0.4 is 10.6 Å². The van der Waals surface area contributed by atoms with Gasteiger partial charge in [-0.15, -0.1) is 0 Å². The van der Waals surface area contributed by atoms with Crippen molar-refractivity contribution in [2.75, 3.05) is 26.2 Å². The minimum atomic E-state index is -0.221. The van der Waals surface area contributed by atoms with Gasteiger partial charge in [-0.25, -0.2) is 0 Å². The number of hydrogen-bond donors (Lipinski definition) is 2. The fraction of sp³-hybridized carbons (Fsp3) is 0.364. The van der Waals surface area contributed by atoms with Gasteiger partial charge in [0.2, 0.25) is 5.91 Å². The summed E-state index contributed by atoms with van der Waals surface area (Å²) in [5.41, 5.74) is 4.46. The van der Waals surface area contributed by atoms with Crippen LogP contribution in [0.2, 0.25) is 0 Å². The second-order valence-corrected chi connectivity index (χ2v) is 7.05. The van der Waals surface area contributed by atoms with Crippen LogP contribution in [-0.2, 0) is 17.8 Å². The first-order valence-electron chi connectivity index (χ1n) is 9.52. The summed E-state index contributed by atoms with van der Waals surface area (Å²) >= 11 is 0. The quantitative estimate of drug-likeness (QED) is 0.740. The van der Waals surface area contributed by atoms with Crippen molar-refractivity contribution in [2.24, 2.45) is 0 Å². The number of rotatable bonds is 7. The third-order valence-corrected chi connectivity index (χ3v) is 4.87. The van der Waals surface area contributed by atoms with Gasteiger partial charge in [0, 0.05) is 31.7 Å². The monoisotopic (exact) mass is 365 g/mol. The molecule has 1 heterocycles. The van der Waals surface area contributed by atoms with Crippen molar-refractivity contribution < 1.29 is 9.59 Å². The topological polar surface area (TPSA) is 61.4 Å². The third-order valence-electron chi connectivity index (χ3n) is 4.87. The molecule has 0 fully saturated rings. The first kappa shape index (κ1) is 19.1. The highest BCUT2D eigenvalue weighted by atomic mass is 16.2. The van der Waals surface area contributed by atoms with Crippen molar-refractivity contribution in [1.82, 2.24) is 15.5 Å². The maximum Gasteiger partial charge on any atom is 0.251 e. The molecule has 0 saturated carbocycles. The predicted molar refractivity (Wildman–Crippen MR) is 107 cm³/mol. The van der Waals surface area contributed by atoms with Gasteiger partial charge in [-0.1, -0.05) is 42.0 Å². The van der Waals surface area contributed by atoms with Crippen molar-refractivity contribution in [3.8, 4) is 0 Å². The zero-order valence-corrected chi connectivity index (χ0v) is 15.8. The molecule has 3 rings (SSSR count). The molecule has 2 aromatic carbocycles. The van der Waals surface area contributed by atoms with E-state index in [4.69, 9.17) is 0 Å². The van der Waals surface area contributed by atoms with E-state index in [0.29, 0.717) is 12.1 Å². The summed E-state index contributed by atoms with van der Waals surface area (Å²) in [5.74, 6) is -0.374. The molecule has 0 saturated heterocycles. The molecule has 0 unspecified atom stereocenters. The van der Waals surface area contributed by atoms with Gasteiger partial charge < -0.3 is 10.6 Å². The van der Waals surface area contributed by atoms with Crippen molar-refractivity contribution in [3.05, 3.63) is 70.8 Å². The Balaban J connectivity index is 1.31. The van der Waals surface area contributed by atoms with Crippen LogP contribution in [0, 0.1) is 6.92 Å². The number of nitrogens with one attached hydrogen (secondary N) is 2. The van der Waals surface area contributed by atoms with E-state index in [9.17, 15) is 9.59 Å². The molecule has 1 aliphatic heterocycles. The number of benzene rings is 2. The van der Waals surface area contributed by atoms with Gasteiger partial charge in [-0.3, -0.25) is 14.5 Å². The van der Waals surface area contributed by atoms with Crippen LogP contribution in [0.25, 0.3) is 0 Å². The first-order valence-corrected chi connectivity index (χ1v) is 9.52. The Bertz CT molecular complexity index is 804. The Morgan fingerprint density at radius 3 is 2.67 bits per heavy atom. The molecular weight excluding hydrogens is 338 g/mol. The molecule has 0 aromatic heterocycles. The fourth-order valence-electron chi connectivity index (χ4n) is 3.39. The summed E-state index contributed by atoms with van der Waals surface area (Å²) in [7, 11) is 0. The van der Waals surface area contributed by atoms with E-state index < -0.39 is 0 Å². The molecule has 142 valence electrons. The number of nitrogens with zero attached hydrogens (tertiary/aromatic N) is 1. The minimum absolute atomic E-state index is 0.00383. The smallest absolute Gasteiger partial charge is 0.251 e. The second-order valence-electron chi connectivity index (χ2n) is 7.05. The van der Waals surface area contributed by atoms with Crippen LogP contribution in [0.5, 0.6) is 0 Å². The van der Waals surface area contributed by atoms with Gasteiger partial charge in [-0.05, 0) is 43.0 Å². The van der Waals surface area contributed by atoms with Crippen LogP contribution in [0.4, 0.5) is 0 Å². The van der Waals surface area contributed by atoms with Gasteiger partial charge in [0.25, 0.3) is 5.91 Å². The minimum Gasteiger partial charge on any atom is -0.355 e. The largest absolute Gasteiger partial charge is 0.355 e. The third kappa shape index (κ3) is 5.66. The second kappa shape index (κ2) is 9.33. The summed E-state index contributed by atoms with van der Waals surface area (Å²) in [4.78, 5) is 26.4. The Kier molecular flexibility index (Phi) is 6.60. The Morgan fingerprint density at radius 2 is 1.85 bits per heavy atom. The molecule has 27 heavy (non-hydrogen) atoms. The van der Waals surface area contributed by atoms with Gasteiger partial charge in [-0.2, -0.15) is 0 Å². The summed E-state index contributed by atoms with van der Waals surface area (Å²) in [6, 6.07) is 15.9. The average Bonchev–Trinajstić information content (AvgIpc) is 2.69. The van der Waals surface area contributed by atoms with E-state index in [1.54, 1.807) is 6.07 Å². The first-order chi connectivity index (χ1) is 13.1. The lowest BCUT2D eigenvalue weighted by molar-refractivity contribution is -0.120. The Morgan fingerprint density at radius 1 is 1.04 bits per heavy atom. The summed E-state index contributed by atoms with van der Waals surface area (Å²) < 4.78 is 0. The molecular formula is C22H27N3O2. The molecule has 0 radical (unpaired) electrons. The van der Waals surface area contributed by atoms with Crippen molar-refractivity contribution in [2.45, 2.75) is 26.3 Å². The lowest BCUT2D eigenvalue weighted by Crippen LogP contribution is -2.38. The molecule has 2 N–H and O–H groups in total. The van der Waals surface area contributed by atoms with Gasteiger partial charge in [0.1, 0.15) is 0 Å². The molecule has 1 aliphatic rings. The summed E-state index contributed by atoms with van der Waals surface area (Å²) in [6.45, 7) is 5.57. The van der Waals surface area contributed by atoms with E-state index in [1.165, 1.54) is 11.1 Å². The van der Waals surface area contributed by atoms with Crippen LogP contribution in [0.15, 0.2) is 48.5 Å². The molecule has 0 bridgehead atoms. The van der Waals surface area contributed by atoms with Crippen LogP contribution in [0.1, 0.15) is 33.5 Å². The van der Waals surface area contributed by atoms with E-state index in [1.807, 2.05) is 25.1 Å². The number of fused-ring (bicyclic) bond motifs is 1. The number of carbonyl (C=O) groups is 2. The van der Waals surface area contributed by atoms with E-state index >= 15 is 0 Å². The molecule has 2 aromatic rings. The zero-order valence-electron chi connectivity index (χ0n) is 15.8. The highest BCUT2D eigenvalue weighted by molar-refractivity contribution is 5.96. The molecule has 5 nitrogen and oxygen atoms in total. The SMILES string of the molecule is Cc1cccc(C(=O)NCC(=O)NCCCN2CCc3ccccc3C2)c1. The van der Waals surface area contributed by atoms with Gasteiger partial charge in [0.15, 0.2) is 0 Å². The fourth-order valence-corrected chi connectivity index (χ4v) is 3.39. The molecule has 5 heteroatoms. The van der Waals surface area contributed by atoms with E-state index in [0.717, 1.165) is 38.0 Å². The molecule has 0 aliphatic carbocycles. The maximum absolute atomic E-state index is 12.0. The number of amides is 2. The highest BCUT2D eigenvalue weighted by Crippen LogP contribution is 2.18. The molecule has 0 atom stereocenters. The van der Waals surface area contributed by atoms with Gasteiger partial charge >= 0.3 is 0 Å². The molecule has 0 spiro atoms. The van der Waals surface area contributed by atoms with E-state index in [2.05, 4.69) is 39.8 Å². The van der Waals surface area contributed by atoms with Crippen molar-refractivity contribution >= 4 is 11.8 Å². The number of carbonyl (C=O) groups excluding carboxylic acids is 2. The zero-order chi connectivity index (χ0) is 19.1. The number of aryl methyl sites for hydroxylation is 1. The normalized spacial score (nSPS) is 13.7. The summed E-state index contributed by atoms with van der Waals surface area (Å²) in [5, 5.41) is 5.55. The van der Waals surface area contributed by atoms with E-state index in [-0.39, 0.29) is 18.4 Å². The Hall–Kier alpha value is -2.66. The number of hydrogen-bond acceptors (Lipinski definition) is 3. The lowest BCUT2D eigenvalue weighted by Gasteiger charge is -2.28. The standard InChI is InChI=1S/C22H27N3O2/c1-17-6-4-9-19(14-17)22(27)24-15-21(26)23-11-5-12-25-13-10-18-7-2-3-8-20(18)16-25/h2-4,6-9,14H,5,10-13,15-16H2,1H3,(H,23,26)(H,24,27). The Labute approximate surface area is 160 Å². The van der Waals surface area contributed by atoms with Crippen molar-refractivity contribution in [3.63, 3.8) is 0 Å². The highest BCUT2D eigenvalue weighted by Gasteiger charge is 2.15. The van der Waals surface area contributed by atoms with Crippen LogP contribution in [-0.4, -0.2) is 42.9 Å². The maximum atomic E-state index is 12.0. The molecule has 2 amide bonds. The predicted octanol–water partition coefficient (Wildman–Crippen LogP) is 2.29. The van der Waals surface area contributed by atoms with Gasteiger partial charge in [0.05, 0.1) is 6.54 Å². The van der Waals surface area contributed by atoms with Crippen molar-refractivity contribution in [1.29, 1.82) is 0 Å². The van der Waals surface area contributed by atoms with Crippen LogP contribution in [0.3, 0.4) is 0 Å². The van der Waals surface area contributed by atoms with Crippen LogP contribution >= 0.6 is 0 Å².